The number of nitrogens with two attached hydrogens (primary N) is 3. The molecule has 0 spiro atoms. The molecular formula is C63H73F2N27O30P6S10. The lowest BCUT2D eigenvalue weighted by Crippen LogP contribution is -2.37. The zero-order chi connectivity index (χ0) is 98.1. The number of thioether (sulfide) groups is 4. The number of fused-ring (bicyclic) bond motifs is 18. The smallest absolute Gasteiger partial charge is 0.386 e. The van der Waals surface area contributed by atoms with Crippen molar-refractivity contribution in [1.29, 1.82) is 0 Å². The molecule has 0 amide bonds. The molecule has 21 N–H and O–H groups in total. The summed E-state index contributed by atoms with van der Waals surface area (Å²) in [6.07, 6.45) is -16.5. The maximum atomic E-state index is 15.9. The zero-order valence-electron chi connectivity index (χ0n) is 69.5. The third kappa shape index (κ3) is 19.8. The molecule has 9 fully saturated rings. The van der Waals surface area contributed by atoms with E-state index >= 15 is 8.78 Å². The van der Waals surface area contributed by atoms with Crippen molar-refractivity contribution in [3.8, 4) is 0 Å². The van der Waals surface area contributed by atoms with Gasteiger partial charge in [-0.3, -0.25) is 103 Å². The van der Waals surface area contributed by atoms with Crippen molar-refractivity contribution >= 4 is 244 Å². The van der Waals surface area contributed by atoms with Gasteiger partial charge in [-0.15, -0.1) is 47.0 Å². The minimum absolute atomic E-state index is 0.000609. The molecule has 138 heavy (non-hydrogen) atoms. The van der Waals surface area contributed by atoms with Crippen molar-refractivity contribution in [1.82, 2.24) is 117 Å². The number of nitrogens with one attached hydrogen (secondary N) is 6. The van der Waals surface area contributed by atoms with Gasteiger partial charge in [-0.2, -0.15) is 15.0 Å². The van der Waals surface area contributed by atoms with Crippen LogP contribution in [0.4, 0.5) is 26.6 Å². The molecule has 0 aliphatic carbocycles. The van der Waals surface area contributed by atoms with Crippen LogP contribution >= 0.6 is 99.7 Å². The van der Waals surface area contributed by atoms with Crippen molar-refractivity contribution in [3.63, 3.8) is 0 Å². The molecule has 9 aliphatic rings. The maximum Gasteiger partial charge on any atom is 0.386 e. The second-order valence-corrected chi connectivity index (χ2v) is 53.8. The number of alkyl halides is 2. The number of aromatic amines is 6. The molecule has 0 aromatic carbocycles. The predicted octanol–water partition coefficient (Wildman–Crippen LogP) is -0.626. The molecule has 21 rings (SSSR count). The molecular weight excluding hydrogens is 2160 g/mol. The lowest BCUT2D eigenvalue weighted by molar-refractivity contribution is -0.0592. The molecule has 744 valence electrons. The Morgan fingerprint density at radius 1 is 0.362 bits per heavy atom. The molecule has 0 saturated carbocycles. The van der Waals surface area contributed by atoms with Crippen LogP contribution in [0, 0.1) is 20.8 Å². The van der Waals surface area contributed by atoms with Crippen LogP contribution in [-0.2, 0) is 127 Å². The predicted molar refractivity (Wildman–Crippen MR) is 504 cm³/mol. The van der Waals surface area contributed by atoms with Crippen LogP contribution in [0.25, 0.3) is 67.0 Å². The van der Waals surface area contributed by atoms with Crippen LogP contribution in [-0.4, -0.2) is 308 Å². The first-order chi connectivity index (χ1) is 65.1. The average molecular weight is 2230 g/mol. The molecule has 9 aliphatic heterocycles. The molecule has 21 heterocycles. The number of hydrogen-bond acceptors (Lipinski definition) is 49. The normalized spacial score (nSPS) is 37.2. The van der Waals surface area contributed by atoms with Gasteiger partial charge in [-0.1, -0.05) is 12.2 Å². The number of aliphatic hydroxyl groups is 4. The van der Waals surface area contributed by atoms with Crippen LogP contribution in [0.15, 0.2) is 66.7 Å². The summed E-state index contributed by atoms with van der Waals surface area (Å²) in [5.41, 5.74) is 14.1. The zero-order valence-corrected chi connectivity index (χ0v) is 83.1. The lowest BCUT2D eigenvalue weighted by atomic mass is 10.1. The summed E-state index contributed by atoms with van der Waals surface area (Å²) in [7, 11) is 0. The molecule has 0 radical (unpaired) electrons. The van der Waals surface area contributed by atoms with E-state index in [4.69, 9.17) is 140 Å². The number of aliphatic hydroxyl groups excluding tert-OH is 4. The van der Waals surface area contributed by atoms with E-state index in [2.05, 4.69) is 102 Å². The highest BCUT2D eigenvalue weighted by molar-refractivity contribution is 8.44. The number of thiol groups is 1. The second-order valence-electron chi connectivity index (χ2n) is 31.5. The second kappa shape index (κ2) is 38.2. The van der Waals surface area contributed by atoms with E-state index in [0.717, 1.165) is 64.3 Å². The number of H-pyrrole nitrogens is 6. The average Bonchev–Trinajstić information content (AvgIpc) is 1.62. The Bertz CT molecular complexity index is 6440. The van der Waals surface area contributed by atoms with Crippen LogP contribution in [0.3, 0.4) is 0 Å². The number of ether oxygens (including phenoxy) is 2. The Hall–Kier alpha value is -6.33. The maximum absolute atomic E-state index is 15.9. The fourth-order valence-corrected chi connectivity index (χ4v) is 31.5. The summed E-state index contributed by atoms with van der Waals surface area (Å²) in [6, 6.07) is 0. The van der Waals surface area contributed by atoms with Gasteiger partial charge in [0.25, 0.3) is 33.4 Å². The third-order valence-corrected chi connectivity index (χ3v) is 37.9. The van der Waals surface area contributed by atoms with Gasteiger partial charge in [0.1, 0.15) is 87.8 Å². The molecule has 30 atom stereocenters. The van der Waals surface area contributed by atoms with Gasteiger partial charge >= 0.3 is 40.4 Å². The van der Waals surface area contributed by atoms with Gasteiger partial charge < -0.3 is 109 Å². The van der Waals surface area contributed by atoms with Crippen molar-refractivity contribution in [2.24, 2.45) is 0 Å². The number of anilines is 3. The molecule has 12 bridgehead atoms. The van der Waals surface area contributed by atoms with Crippen LogP contribution in [0.5, 0.6) is 0 Å². The fraction of sp³-hybridized carbons (Fsp3) is 0.524. The molecule has 9 saturated heterocycles. The summed E-state index contributed by atoms with van der Waals surface area (Å²) in [5.74, 6) is 0.258. The van der Waals surface area contributed by atoms with Gasteiger partial charge in [0.2, 0.25) is 17.8 Å². The largest absolute Gasteiger partial charge is 0.389 e. The van der Waals surface area contributed by atoms with E-state index in [1.54, 1.807) is 13.8 Å². The molecule has 6 unspecified atom stereocenters. The van der Waals surface area contributed by atoms with Crippen molar-refractivity contribution in [3.05, 3.63) is 118 Å². The first-order valence-electron chi connectivity index (χ1n) is 40.0. The first-order valence-corrected chi connectivity index (χ1v) is 59.4. The Balaban J connectivity index is 0.000000132. The number of halogens is 2. The number of hydrogen-bond donors (Lipinski definition) is 19. The highest BCUT2D eigenvalue weighted by atomic mass is 32.7. The third-order valence-electron chi connectivity index (χ3n) is 22.4. The topological polar surface area (TPSA) is 788 Å². The van der Waals surface area contributed by atoms with E-state index in [9.17, 15) is 78.2 Å². The quantitative estimate of drug-likeness (QED) is 0.0728. The Morgan fingerprint density at radius 2 is 0.587 bits per heavy atom. The number of aryl methyl sites for hydroxylation is 3. The van der Waals surface area contributed by atoms with Crippen molar-refractivity contribution in [2.45, 2.75) is 161 Å². The van der Waals surface area contributed by atoms with Gasteiger partial charge in [-0.05, 0) is 79.8 Å². The highest BCUT2D eigenvalue weighted by Crippen LogP contribution is 2.64. The van der Waals surface area contributed by atoms with E-state index in [-0.39, 0.29) is 117 Å². The SMILES string of the molecule is Cc1nc2c(ncn2[C@@H]2O[C@@H]3COP(O)(=S)O[C@@H]4[C@@H](F)[C@@H](COP(=O)(S)O[C@@H]2[C@H]3F)O[C@H]4n2cnc3c(=O)[nH]c(N)nc32)c(=O)[nH]1.Cc1nc2c(ncn2[C@@H]2S[C@@H]3COP(O)(=S)O[C@@H]4[C@H](O)[C@@H](COP(O)(=S)O[C@@H]2[C@@H]3O)S[C@H]4n2cnc3c(=O)[nH]c(N)nc32)c(=O)[nH]1.Cc1nc2c(ncn2[C@@H]2S[C@@H]3COP(O)(=S)O[C@@H]4[C@H](O)[C@@H](COP(O)(=S)O[C@@H]2[C@@H]3O)S[C@H]4n2cnc3c(=O)[nH]c(N)nc32)c(=O)[nH]1. The first kappa shape index (κ1) is 100. The minimum Gasteiger partial charge on any atom is -0.389 e. The van der Waals surface area contributed by atoms with Crippen molar-refractivity contribution in [2.75, 3.05) is 56.8 Å². The van der Waals surface area contributed by atoms with Gasteiger partial charge in [-0.25, -0.2) is 58.2 Å². The summed E-state index contributed by atoms with van der Waals surface area (Å²) in [4.78, 5) is 195. The molecule has 12 aromatic rings. The summed E-state index contributed by atoms with van der Waals surface area (Å²) < 4.78 is 133. The highest BCUT2D eigenvalue weighted by Gasteiger charge is 2.58. The Kier molecular flexibility index (Phi) is 27.8. The summed E-state index contributed by atoms with van der Waals surface area (Å²) in [5, 5.41) is 38.6. The molecule has 75 heteroatoms. The van der Waals surface area contributed by atoms with E-state index in [1.165, 1.54) is 55.1 Å². The number of nitrogen functional groups attached to an aromatic ring is 3. The Morgan fingerprint density at radius 3 is 0.877 bits per heavy atom. The molecule has 57 nitrogen and oxygen atoms in total. The Labute approximate surface area is 812 Å². The lowest BCUT2D eigenvalue weighted by Gasteiger charge is -2.29. The van der Waals surface area contributed by atoms with Gasteiger partial charge in [0.15, 0.2) is 91.8 Å². The van der Waals surface area contributed by atoms with Crippen LogP contribution < -0.4 is 50.6 Å². The van der Waals surface area contributed by atoms with Gasteiger partial charge in [0, 0.05) is 0 Å². The number of rotatable bonds is 6. The monoisotopic (exact) mass is 2230 g/mol. The van der Waals surface area contributed by atoms with E-state index in [0.29, 0.717) is 11.6 Å². The summed E-state index contributed by atoms with van der Waals surface area (Å²) >= 11 is 34.9. The van der Waals surface area contributed by atoms with E-state index in [1.807, 2.05) is 0 Å². The summed E-state index contributed by atoms with van der Waals surface area (Å²) in [6.45, 7) is -23.6. The van der Waals surface area contributed by atoms with Gasteiger partial charge in [0.05, 0.1) is 123 Å². The van der Waals surface area contributed by atoms with Crippen LogP contribution in [0.1, 0.15) is 51.4 Å². The number of aromatic nitrogens is 24. The number of imidazole rings is 6. The van der Waals surface area contributed by atoms with Crippen molar-refractivity contribution < 1.29 is 122 Å². The number of nitrogens with zero attached hydrogens (tertiary/aromatic N) is 18. The fourth-order valence-electron chi connectivity index (χ4n) is 16.3. The standard InChI is InChI=1S/C21H23F2N9O10P2S2.2C21H25N9O10P2S4/c1-6-27-15-11(17(33)28-6)25-4-31(15)19-13-9(22)7(39-19)2-37-44(36,46)42-14-10(23)8(3-38-43(35,45)41-13)40-20(14)32-5-26-12-16(32)29-21(24)30-18(12)34;2*1-6-25-15-9(17(33)26-6)23-4-29(15)19-13-11(31)7(45-19)2-37-42(36,44)40-14-12(32)8(3-38-41(35,43)39-13)46-20(14)30-5-24-10-16(30)27-21(22)28-18(10)34/h4-5,7-10,13-14,19-20H,2-3H2,1H3,(H,35,45)(H,36,46)(H,27,28,33)(H3,24,29,30,34);2*4-5,7-8,11-14,19-20,31-32H,2-3H2,1H3,(H,35,43)(H,36,44)(H,25,26,33)(H3,22,27,28,34)/t7-,8-,9+,10+,13-,14-,19-,20-,43?,44?;2*7-,8-,11-,12-,13-,14-,19-,20-,41?,42?/m111/s1. The van der Waals surface area contributed by atoms with Crippen LogP contribution in [0.2, 0.25) is 0 Å². The van der Waals surface area contributed by atoms with E-state index < -0.39 is 228 Å². The minimum atomic E-state index is -4.51. The molecule has 12 aromatic heterocycles.